The van der Waals surface area contributed by atoms with E-state index in [0.717, 1.165) is 5.01 Å². The van der Waals surface area contributed by atoms with Gasteiger partial charge in [0.2, 0.25) is 5.88 Å². The molecular formula is C12H13NOS. The van der Waals surface area contributed by atoms with E-state index in [1.165, 1.54) is 16.7 Å². The second-order valence-electron chi connectivity index (χ2n) is 3.51. The molecule has 0 atom stereocenters. The second kappa shape index (κ2) is 4.03. The van der Waals surface area contributed by atoms with Crippen molar-refractivity contribution in [3.63, 3.8) is 0 Å². The van der Waals surface area contributed by atoms with E-state index in [1.54, 1.807) is 18.4 Å². The Morgan fingerprint density at radius 3 is 2.67 bits per heavy atom. The van der Waals surface area contributed by atoms with Gasteiger partial charge in [-0.05, 0) is 19.4 Å². The SMILES string of the molecule is COc1csc(-c2ccc(C)cc2C)n1. The predicted molar refractivity (Wildman–Crippen MR) is 63.6 cm³/mol. The van der Waals surface area contributed by atoms with E-state index in [1.807, 2.05) is 5.38 Å². The van der Waals surface area contributed by atoms with E-state index in [2.05, 4.69) is 37.0 Å². The van der Waals surface area contributed by atoms with Crippen LogP contribution < -0.4 is 4.74 Å². The van der Waals surface area contributed by atoms with Gasteiger partial charge in [0.15, 0.2) is 0 Å². The van der Waals surface area contributed by atoms with Gasteiger partial charge in [0.1, 0.15) is 5.01 Å². The van der Waals surface area contributed by atoms with Crippen LogP contribution in [0.5, 0.6) is 5.88 Å². The van der Waals surface area contributed by atoms with Crippen LogP contribution in [0.15, 0.2) is 23.6 Å². The van der Waals surface area contributed by atoms with Gasteiger partial charge >= 0.3 is 0 Å². The van der Waals surface area contributed by atoms with Crippen molar-refractivity contribution in [1.82, 2.24) is 4.98 Å². The van der Waals surface area contributed by atoms with Crippen LogP contribution in [0, 0.1) is 13.8 Å². The largest absolute Gasteiger partial charge is 0.480 e. The van der Waals surface area contributed by atoms with Gasteiger partial charge in [0.05, 0.1) is 12.5 Å². The van der Waals surface area contributed by atoms with Gasteiger partial charge in [0.25, 0.3) is 0 Å². The van der Waals surface area contributed by atoms with Crippen molar-refractivity contribution >= 4 is 11.3 Å². The Kier molecular flexibility index (Phi) is 2.73. The molecule has 15 heavy (non-hydrogen) atoms. The number of benzene rings is 1. The quantitative estimate of drug-likeness (QED) is 0.772. The minimum atomic E-state index is 0.690. The molecule has 3 heteroatoms. The summed E-state index contributed by atoms with van der Waals surface area (Å²) in [5, 5.41) is 2.94. The fourth-order valence-corrected chi connectivity index (χ4v) is 2.39. The highest BCUT2D eigenvalue weighted by atomic mass is 32.1. The molecular weight excluding hydrogens is 206 g/mol. The molecule has 0 saturated carbocycles. The van der Waals surface area contributed by atoms with Gasteiger partial charge in [0, 0.05) is 5.56 Å². The average molecular weight is 219 g/mol. The first-order valence-electron chi connectivity index (χ1n) is 4.78. The van der Waals surface area contributed by atoms with Crippen LogP contribution in [-0.2, 0) is 0 Å². The van der Waals surface area contributed by atoms with Crippen molar-refractivity contribution in [2.75, 3.05) is 7.11 Å². The number of hydrogen-bond donors (Lipinski definition) is 0. The Balaban J connectivity index is 2.44. The molecule has 0 amide bonds. The number of methoxy groups -OCH3 is 1. The van der Waals surface area contributed by atoms with E-state index >= 15 is 0 Å². The zero-order chi connectivity index (χ0) is 10.8. The molecule has 0 radical (unpaired) electrons. The maximum Gasteiger partial charge on any atom is 0.224 e. The summed E-state index contributed by atoms with van der Waals surface area (Å²) in [6, 6.07) is 6.39. The molecule has 0 N–H and O–H groups in total. The third-order valence-corrected chi connectivity index (χ3v) is 3.16. The summed E-state index contributed by atoms with van der Waals surface area (Å²) >= 11 is 1.61. The molecule has 0 aliphatic rings. The lowest BCUT2D eigenvalue weighted by molar-refractivity contribution is 0.401. The normalized spacial score (nSPS) is 10.3. The minimum absolute atomic E-state index is 0.690. The Morgan fingerprint density at radius 2 is 2.07 bits per heavy atom. The summed E-state index contributed by atoms with van der Waals surface area (Å²) < 4.78 is 5.08. The molecule has 0 fully saturated rings. The lowest BCUT2D eigenvalue weighted by Gasteiger charge is -2.02. The zero-order valence-electron chi connectivity index (χ0n) is 9.07. The monoisotopic (exact) mass is 219 g/mol. The molecule has 1 heterocycles. The van der Waals surface area contributed by atoms with Crippen LogP contribution in [-0.4, -0.2) is 12.1 Å². The lowest BCUT2D eigenvalue weighted by atomic mass is 10.1. The van der Waals surface area contributed by atoms with Gasteiger partial charge in [-0.2, -0.15) is 0 Å². The average Bonchev–Trinajstić information content (AvgIpc) is 2.66. The van der Waals surface area contributed by atoms with Gasteiger partial charge < -0.3 is 4.74 Å². The first kappa shape index (κ1) is 10.2. The first-order chi connectivity index (χ1) is 7.20. The van der Waals surface area contributed by atoms with Crippen molar-refractivity contribution in [3.05, 3.63) is 34.7 Å². The molecule has 0 bridgehead atoms. The minimum Gasteiger partial charge on any atom is -0.480 e. The molecule has 0 aliphatic heterocycles. The molecule has 0 spiro atoms. The zero-order valence-corrected chi connectivity index (χ0v) is 9.89. The van der Waals surface area contributed by atoms with Crippen LogP contribution in [0.2, 0.25) is 0 Å². The van der Waals surface area contributed by atoms with Gasteiger partial charge in [-0.15, -0.1) is 11.3 Å². The van der Waals surface area contributed by atoms with E-state index in [0.29, 0.717) is 5.88 Å². The summed E-state index contributed by atoms with van der Waals surface area (Å²) in [6.45, 7) is 4.20. The predicted octanol–water partition coefficient (Wildman–Crippen LogP) is 3.44. The van der Waals surface area contributed by atoms with Gasteiger partial charge in [-0.1, -0.05) is 23.8 Å². The van der Waals surface area contributed by atoms with Crippen molar-refractivity contribution in [2.45, 2.75) is 13.8 Å². The Hall–Kier alpha value is -1.35. The number of ether oxygens (including phenoxy) is 1. The summed E-state index contributed by atoms with van der Waals surface area (Å²) in [5.41, 5.74) is 3.72. The number of aromatic nitrogens is 1. The molecule has 0 unspecified atom stereocenters. The summed E-state index contributed by atoms with van der Waals surface area (Å²) in [6.07, 6.45) is 0. The highest BCUT2D eigenvalue weighted by Gasteiger charge is 2.07. The van der Waals surface area contributed by atoms with Crippen LogP contribution in [0.3, 0.4) is 0 Å². The van der Waals surface area contributed by atoms with Crippen LogP contribution in [0.1, 0.15) is 11.1 Å². The number of nitrogens with zero attached hydrogens (tertiary/aromatic N) is 1. The number of thiazole rings is 1. The van der Waals surface area contributed by atoms with Crippen LogP contribution >= 0.6 is 11.3 Å². The highest BCUT2D eigenvalue weighted by molar-refractivity contribution is 7.13. The van der Waals surface area contributed by atoms with E-state index in [9.17, 15) is 0 Å². The molecule has 2 nitrogen and oxygen atoms in total. The highest BCUT2D eigenvalue weighted by Crippen LogP contribution is 2.29. The second-order valence-corrected chi connectivity index (χ2v) is 4.37. The first-order valence-corrected chi connectivity index (χ1v) is 5.66. The van der Waals surface area contributed by atoms with Crippen molar-refractivity contribution < 1.29 is 4.74 Å². The Bertz CT molecular complexity index is 476. The molecule has 0 aliphatic carbocycles. The summed E-state index contributed by atoms with van der Waals surface area (Å²) in [4.78, 5) is 4.39. The Labute approximate surface area is 93.6 Å². The molecule has 78 valence electrons. The summed E-state index contributed by atoms with van der Waals surface area (Å²) in [7, 11) is 1.64. The fraction of sp³-hybridized carbons (Fsp3) is 0.250. The van der Waals surface area contributed by atoms with E-state index < -0.39 is 0 Å². The Morgan fingerprint density at radius 1 is 1.27 bits per heavy atom. The fourth-order valence-electron chi connectivity index (χ4n) is 1.53. The maximum atomic E-state index is 5.08. The molecule has 0 saturated heterocycles. The molecule has 1 aromatic carbocycles. The van der Waals surface area contributed by atoms with Gasteiger partial charge in [-0.25, -0.2) is 4.98 Å². The number of hydrogen-bond acceptors (Lipinski definition) is 3. The maximum absolute atomic E-state index is 5.08. The molecule has 1 aromatic heterocycles. The lowest BCUT2D eigenvalue weighted by Crippen LogP contribution is -1.85. The van der Waals surface area contributed by atoms with Crippen LogP contribution in [0.4, 0.5) is 0 Å². The summed E-state index contributed by atoms with van der Waals surface area (Å²) in [5.74, 6) is 0.690. The van der Waals surface area contributed by atoms with E-state index in [-0.39, 0.29) is 0 Å². The van der Waals surface area contributed by atoms with Gasteiger partial charge in [-0.3, -0.25) is 0 Å². The standard InChI is InChI=1S/C12H13NOS/c1-8-4-5-10(9(2)6-8)12-13-11(14-3)7-15-12/h4-7H,1-3H3. The topological polar surface area (TPSA) is 22.1 Å². The third kappa shape index (κ3) is 2.02. The molecule has 2 aromatic rings. The van der Waals surface area contributed by atoms with E-state index in [4.69, 9.17) is 4.74 Å². The number of rotatable bonds is 2. The van der Waals surface area contributed by atoms with Crippen molar-refractivity contribution in [2.24, 2.45) is 0 Å². The van der Waals surface area contributed by atoms with Crippen molar-refractivity contribution in [1.29, 1.82) is 0 Å². The number of aryl methyl sites for hydroxylation is 2. The van der Waals surface area contributed by atoms with Crippen molar-refractivity contribution in [3.8, 4) is 16.5 Å². The smallest absolute Gasteiger partial charge is 0.224 e. The molecule has 2 rings (SSSR count). The third-order valence-electron chi connectivity index (χ3n) is 2.30. The van der Waals surface area contributed by atoms with Crippen LogP contribution in [0.25, 0.3) is 10.6 Å².